The first-order valence-corrected chi connectivity index (χ1v) is 11.1. The summed E-state index contributed by atoms with van der Waals surface area (Å²) in [5.41, 5.74) is 9.41. The summed E-state index contributed by atoms with van der Waals surface area (Å²) in [6.45, 7) is 7.75. The third-order valence-corrected chi connectivity index (χ3v) is 5.32. The highest BCUT2D eigenvalue weighted by Gasteiger charge is 2.26. The topological polar surface area (TPSA) is 59.2 Å². The van der Waals surface area contributed by atoms with Crippen molar-refractivity contribution in [3.05, 3.63) is 102 Å². The summed E-state index contributed by atoms with van der Waals surface area (Å²) in [6, 6.07) is 25.7. The molecular weight excluding hydrogens is 382 g/mol. The van der Waals surface area contributed by atoms with Crippen molar-refractivity contribution in [2.45, 2.75) is 45.7 Å². The molecule has 2 N–H and O–H groups in total. The van der Waals surface area contributed by atoms with Gasteiger partial charge < -0.3 is 5.73 Å². The summed E-state index contributed by atoms with van der Waals surface area (Å²) in [6.07, 6.45) is 5.41. The minimum absolute atomic E-state index is 0.0584. The normalized spacial score (nSPS) is 11.7. The van der Waals surface area contributed by atoms with Gasteiger partial charge in [0.15, 0.2) is 5.78 Å². The van der Waals surface area contributed by atoms with Crippen LogP contribution in [0.2, 0.25) is 0 Å². The van der Waals surface area contributed by atoms with E-state index in [0.29, 0.717) is 18.2 Å². The summed E-state index contributed by atoms with van der Waals surface area (Å²) >= 11 is 0. The third kappa shape index (κ3) is 7.42. The lowest BCUT2D eigenvalue weighted by atomic mass is 9.94. The van der Waals surface area contributed by atoms with E-state index >= 15 is 0 Å². The molecule has 1 heterocycles. The van der Waals surface area contributed by atoms with Gasteiger partial charge in [-0.25, -0.2) is 0 Å². The van der Waals surface area contributed by atoms with Crippen molar-refractivity contribution in [3.8, 4) is 0 Å². The number of ketones is 1. The van der Waals surface area contributed by atoms with Crippen LogP contribution in [0.3, 0.4) is 0 Å². The van der Waals surface area contributed by atoms with E-state index in [0.717, 1.165) is 19.4 Å². The fourth-order valence-electron chi connectivity index (χ4n) is 3.73. The fraction of sp³-hybridized carbons (Fsp3) is 0.333. The summed E-state index contributed by atoms with van der Waals surface area (Å²) in [5, 5.41) is 0. The first kappa shape index (κ1) is 24.4. The van der Waals surface area contributed by atoms with Crippen LogP contribution in [0.4, 0.5) is 0 Å². The van der Waals surface area contributed by atoms with Gasteiger partial charge in [0.2, 0.25) is 0 Å². The van der Waals surface area contributed by atoms with Crippen LogP contribution >= 0.6 is 0 Å². The van der Waals surface area contributed by atoms with Gasteiger partial charge >= 0.3 is 0 Å². The summed E-state index contributed by atoms with van der Waals surface area (Å²) in [7, 11) is 0. The molecular formula is C27H35N3O. The molecule has 0 saturated carbocycles. The van der Waals surface area contributed by atoms with Crippen LogP contribution in [0.5, 0.6) is 0 Å². The number of carbonyl (C=O) groups is 1. The van der Waals surface area contributed by atoms with Crippen LogP contribution in [0.1, 0.15) is 61.1 Å². The van der Waals surface area contributed by atoms with Crippen LogP contribution in [0.15, 0.2) is 85.2 Å². The highest BCUT2D eigenvalue weighted by Crippen LogP contribution is 2.31. The van der Waals surface area contributed by atoms with Crippen molar-refractivity contribution in [2.75, 3.05) is 13.1 Å². The van der Waals surface area contributed by atoms with Gasteiger partial charge in [0.05, 0.1) is 6.04 Å². The molecule has 4 nitrogen and oxygen atoms in total. The largest absolute Gasteiger partial charge is 0.329 e. The van der Waals surface area contributed by atoms with Gasteiger partial charge in [-0.15, -0.1) is 0 Å². The lowest BCUT2D eigenvalue weighted by Gasteiger charge is -2.38. The van der Waals surface area contributed by atoms with E-state index in [1.807, 2.05) is 0 Å². The molecule has 0 aliphatic carbocycles. The van der Waals surface area contributed by atoms with Crippen LogP contribution in [-0.4, -0.2) is 34.8 Å². The van der Waals surface area contributed by atoms with Crippen molar-refractivity contribution >= 4 is 5.78 Å². The monoisotopic (exact) mass is 417 g/mol. The second kappa shape index (κ2) is 13.5. The molecule has 0 saturated heterocycles. The van der Waals surface area contributed by atoms with Gasteiger partial charge in [-0.3, -0.25) is 14.7 Å². The molecule has 164 valence electrons. The van der Waals surface area contributed by atoms with Crippen molar-refractivity contribution in [3.63, 3.8) is 0 Å². The Morgan fingerprint density at radius 2 is 1.52 bits per heavy atom. The average molecular weight is 418 g/mol. The van der Waals surface area contributed by atoms with Crippen molar-refractivity contribution in [1.29, 1.82) is 0 Å². The SMILES string of the molecule is CC(=O)c1cccnc1.CCCN(C(CC)CN)C(c1ccccc1)c1ccccc1. The van der Waals surface area contributed by atoms with Gasteiger partial charge in [-0.1, -0.05) is 74.5 Å². The second-order valence-corrected chi connectivity index (χ2v) is 7.56. The molecule has 3 aromatic rings. The van der Waals surface area contributed by atoms with E-state index in [1.54, 1.807) is 24.5 Å². The Kier molecular flexibility index (Phi) is 10.6. The van der Waals surface area contributed by atoms with Gasteiger partial charge in [0.1, 0.15) is 0 Å². The van der Waals surface area contributed by atoms with E-state index < -0.39 is 0 Å². The number of benzene rings is 2. The Labute approximate surface area is 187 Å². The number of rotatable bonds is 9. The minimum Gasteiger partial charge on any atom is -0.329 e. The molecule has 1 aromatic heterocycles. The molecule has 4 heteroatoms. The predicted molar refractivity (Wildman–Crippen MR) is 129 cm³/mol. The first-order valence-electron chi connectivity index (χ1n) is 11.1. The summed E-state index contributed by atoms with van der Waals surface area (Å²) in [5.74, 6) is 0.0584. The third-order valence-electron chi connectivity index (χ3n) is 5.32. The molecule has 2 aromatic carbocycles. The molecule has 31 heavy (non-hydrogen) atoms. The molecule has 0 spiro atoms. The fourth-order valence-corrected chi connectivity index (χ4v) is 3.73. The number of nitrogens with two attached hydrogens (primary N) is 1. The first-order chi connectivity index (χ1) is 15.1. The molecule has 1 unspecified atom stereocenters. The van der Waals surface area contributed by atoms with Crippen molar-refractivity contribution < 1.29 is 4.79 Å². The number of hydrogen-bond acceptors (Lipinski definition) is 4. The molecule has 0 amide bonds. The van der Waals surface area contributed by atoms with Crippen molar-refractivity contribution in [2.24, 2.45) is 5.73 Å². The van der Waals surface area contributed by atoms with Gasteiger partial charge in [-0.2, -0.15) is 0 Å². The van der Waals surface area contributed by atoms with Gasteiger partial charge in [0, 0.05) is 30.5 Å². The second-order valence-electron chi connectivity index (χ2n) is 7.56. The zero-order valence-corrected chi connectivity index (χ0v) is 18.9. The number of pyridine rings is 1. The maximum absolute atomic E-state index is 10.6. The highest BCUT2D eigenvalue weighted by atomic mass is 16.1. The van der Waals surface area contributed by atoms with Crippen molar-refractivity contribution in [1.82, 2.24) is 9.88 Å². The van der Waals surface area contributed by atoms with Crippen LogP contribution in [-0.2, 0) is 0 Å². The smallest absolute Gasteiger partial charge is 0.161 e. The Morgan fingerprint density at radius 3 is 1.87 bits per heavy atom. The number of carbonyl (C=O) groups excluding carboxylic acids is 1. The predicted octanol–water partition coefficient (Wildman–Crippen LogP) is 5.51. The maximum Gasteiger partial charge on any atom is 0.161 e. The summed E-state index contributed by atoms with van der Waals surface area (Å²) in [4.78, 5) is 17.0. The average Bonchev–Trinajstić information content (AvgIpc) is 2.82. The van der Waals surface area contributed by atoms with Crippen LogP contribution in [0, 0.1) is 0 Å². The maximum atomic E-state index is 10.6. The van der Waals surface area contributed by atoms with E-state index in [2.05, 4.69) is 84.4 Å². The Hall–Kier alpha value is -2.82. The molecule has 0 radical (unpaired) electrons. The molecule has 3 rings (SSSR count). The zero-order valence-electron chi connectivity index (χ0n) is 18.9. The standard InChI is InChI=1S/C20H28N2.C7H7NO/c1-3-15-22(19(4-2)16-21)20(17-11-7-5-8-12-17)18-13-9-6-10-14-18;1-6(9)7-3-2-4-8-5-7/h5-14,19-20H,3-4,15-16,21H2,1-2H3;2-5H,1H3. The number of nitrogens with zero attached hydrogens (tertiary/aromatic N) is 2. The quantitative estimate of drug-likeness (QED) is 0.466. The van der Waals surface area contributed by atoms with E-state index in [4.69, 9.17) is 5.73 Å². The van der Waals surface area contributed by atoms with Gasteiger partial charge in [0.25, 0.3) is 0 Å². The molecule has 0 fully saturated rings. The highest BCUT2D eigenvalue weighted by molar-refractivity contribution is 5.93. The lowest BCUT2D eigenvalue weighted by Crippen LogP contribution is -2.43. The number of hydrogen-bond donors (Lipinski definition) is 1. The van der Waals surface area contributed by atoms with Crippen LogP contribution < -0.4 is 5.73 Å². The Balaban J connectivity index is 0.000000316. The Bertz CT molecular complexity index is 825. The summed E-state index contributed by atoms with van der Waals surface area (Å²) < 4.78 is 0. The Morgan fingerprint density at radius 1 is 0.935 bits per heavy atom. The molecule has 0 bridgehead atoms. The van der Waals surface area contributed by atoms with E-state index in [-0.39, 0.29) is 11.8 Å². The molecule has 1 atom stereocenters. The molecule has 0 aliphatic rings. The molecule has 0 aliphatic heterocycles. The minimum atomic E-state index is 0.0584. The van der Waals surface area contributed by atoms with Crippen LogP contribution in [0.25, 0.3) is 0 Å². The van der Waals surface area contributed by atoms with E-state index in [9.17, 15) is 4.79 Å². The lowest BCUT2D eigenvalue weighted by molar-refractivity contribution is 0.101. The number of Topliss-reactive ketones (excluding diaryl/α,β-unsaturated/α-hetero) is 1. The number of aromatic nitrogens is 1. The zero-order chi connectivity index (χ0) is 22.5. The van der Waals surface area contributed by atoms with E-state index in [1.165, 1.54) is 18.1 Å². The van der Waals surface area contributed by atoms with Gasteiger partial charge in [-0.05, 0) is 49.6 Å².